The van der Waals surface area contributed by atoms with Gasteiger partial charge in [0.05, 0.1) is 12.2 Å². The highest BCUT2D eigenvalue weighted by Crippen LogP contribution is 2.43. The fourth-order valence-electron chi connectivity index (χ4n) is 3.41. The Balaban J connectivity index is 1.67. The number of carbonyl (C=O) groups is 2. The normalized spacial score (nSPS) is 46.4. The minimum atomic E-state index is -0.509. The molecular formula is C14H20O5. The molecule has 0 aromatic heterocycles. The van der Waals surface area contributed by atoms with E-state index in [4.69, 9.17) is 14.2 Å². The van der Waals surface area contributed by atoms with E-state index in [1.165, 1.54) is 0 Å². The average Bonchev–Trinajstić information content (AvgIpc) is 3.01. The third kappa shape index (κ3) is 2.14. The quantitative estimate of drug-likeness (QED) is 0.714. The number of hydrogen-bond donors (Lipinski definition) is 0. The van der Waals surface area contributed by atoms with E-state index >= 15 is 0 Å². The molecule has 0 aliphatic carbocycles. The summed E-state index contributed by atoms with van der Waals surface area (Å²) < 4.78 is 16.9. The van der Waals surface area contributed by atoms with Crippen LogP contribution in [-0.4, -0.2) is 35.3 Å². The second-order valence-corrected chi connectivity index (χ2v) is 6.26. The molecular weight excluding hydrogens is 248 g/mol. The van der Waals surface area contributed by atoms with Crippen molar-refractivity contribution in [1.82, 2.24) is 0 Å². The molecule has 3 aliphatic heterocycles. The molecule has 3 fully saturated rings. The van der Waals surface area contributed by atoms with Gasteiger partial charge in [0.25, 0.3) is 0 Å². The lowest BCUT2D eigenvalue weighted by atomic mass is 9.91. The SMILES string of the molecule is C[C@@]1([C@@H]2CC[C@@H]([C@]3(C)CCC(=O)O3)O2)CCC(=O)O1. The van der Waals surface area contributed by atoms with Gasteiger partial charge in [0, 0.05) is 12.8 Å². The Morgan fingerprint density at radius 2 is 1.32 bits per heavy atom. The van der Waals surface area contributed by atoms with E-state index in [1.54, 1.807) is 0 Å². The van der Waals surface area contributed by atoms with Crippen LogP contribution < -0.4 is 0 Å². The fourth-order valence-corrected chi connectivity index (χ4v) is 3.41. The van der Waals surface area contributed by atoms with Crippen molar-refractivity contribution in [2.75, 3.05) is 0 Å². The third-order valence-corrected chi connectivity index (χ3v) is 4.73. The van der Waals surface area contributed by atoms with Gasteiger partial charge in [-0.05, 0) is 39.5 Å². The predicted octanol–water partition coefficient (Wildman–Crippen LogP) is 1.73. The maximum absolute atomic E-state index is 11.3. The van der Waals surface area contributed by atoms with Gasteiger partial charge < -0.3 is 14.2 Å². The highest BCUT2D eigenvalue weighted by Gasteiger charge is 2.52. The summed E-state index contributed by atoms with van der Waals surface area (Å²) in [6, 6.07) is 0. The summed E-state index contributed by atoms with van der Waals surface area (Å²) in [5.74, 6) is -0.291. The second-order valence-electron chi connectivity index (χ2n) is 6.26. The number of hydrogen-bond acceptors (Lipinski definition) is 5. The second kappa shape index (κ2) is 4.20. The van der Waals surface area contributed by atoms with Gasteiger partial charge in [-0.3, -0.25) is 9.59 Å². The van der Waals surface area contributed by atoms with E-state index in [9.17, 15) is 9.59 Å². The van der Waals surface area contributed by atoms with Crippen LogP contribution in [0.4, 0.5) is 0 Å². The molecule has 5 nitrogen and oxygen atoms in total. The molecule has 4 atom stereocenters. The monoisotopic (exact) mass is 268 g/mol. The van der Waals surface area contributed by atoms with Crippen molar-refractivity contribution >= 4 is 11.9 Å². The van der Waals surface area contributed by atoms with E-state index in [0.717, 1.165) is 12.8 Å². The topological polar surface area (TPSA) is 61.8 Å². The van der Waals surface area contributed by atoms with Gasteiger partial charge in [0.15, 0.2) is 0 Å². The van der Waals surface area contributed by atoms with Crippen molar-refractivity contribution < 1.29 is 23.8 Å². The Labute approximate surface area is 112 Å². The number of esters is 2. The summed E-state index contributed by atoms with van der Waals surface area (Å²) in [5.41, 5.74) is -1.02. The molecule has 0 N–H and O–H groups in total. The Morgan fingerprint density at radius 3 is 1.63 bits per heavy atom. The molecule has 3 saturated heterocycles. The lowest BCUT2D eigenvalue weighted by Gasteiger charge is -2.33. The molecule has 0 unspecified atom stereocenters. The molecule has 5 heteroatoms. The lowest BCUT2D eigenvalue weighted by molar-refractivity contribution is -0.175. The molecule has 3 aliphatic rings. The van der Waals surface area contributed by atoms with Gasteiger partial charge in [-0.15, -0.1) is 0 Å². The molecule has 106 valence electrons. The highest BCUT2D eigenvalue weighted by molar-refractivity contribution is 5.72. The summed E-state index contributed by atoms with van der Waals surface area (Å²) in [6.45, 7) is 3.88. The summed E-state index contributed by atoms with van der Waals surface area (Å²) in [5, 5.41) is 0. The summed E-state index contributed by atoms with van der Waals surface area (Å²) in [7, 11) is 0. The van der Waals surface area contributed by atoms with E-state index in [0.29, 0.717) is 25.7 Å². The van der Waals surface area contributed by atoms with Crippen molar-refractivity contribution in [2.24, 2.45) is 0 Å². The Bertz CT molecular complexity index is 382. The third-order valence-electron chi connectivity index (χ3n) is 4.73. The highest BCUT2D eigenvalue weighted by atomic mass is 16.6. The fraction of sp³-hybridized carbons (Fsp3) is 0.857. The van der Waals surface area contributed by atoms with Crippen molar-refractivity contribution in [3.8, 4) is 0 Å². The van der Waals surface area contributed by atoms with Crippen LogP contribution in [0.3, 0.4) is 0 Å². The van der Waals surface area contributed by atoms with Crippen LogP contribution in [0.2, 0.25) is 0 Å². The van der Waals surface area contributed by atoms with E-state index in [2.05, 4.69) is 0 Å². The minimum Gasteiger partial charge on any atom is -0.457 e. The lowest BCUT2D eigenvalue weighted by Crippen LogP contribution is -2.43. The van der Waals surface area contributed by atoms with Crippen LogP contribution in [0, 0.1) is 0 Å². The predicted molar refractivity (Wildman–Crippen MR) is 65.4 cm³/mol. The zero-order valence-corrected chi connectivity index (χ0v) is 11.4. The van der Waals surface area contributed by atoms with Crippen LogP contribution in [0.5, 0.6) is 0 Å². The molecule has 3 rings (SSSR count). The van der Waals surface area contributed by atoms with Gasteiger partial charge in [0.2, 0.25) is 0 Å². The molecule has 0 spiro atoms. The zero-order valence-electron chi connectivity index (χ0n) is 11.4. The van der Waals surface area contributed by atoms with Crippen molar-refractivity contribution in [1.29, 1.82) is 0 Å². The maximum atomic E-state index is 11.3. The zero-order chi connectivity index (χ0) is 13.7. The first-order valence-electron chi connectivity index (χ1n) is 7.00. The van der Waals surface area contributed by atoms with Crippen LogP contribution in [-0.2, 0) is 23.8 Å². The average molecular weight is 268 g/mol. The number of ether oxygens (including phenoxy) is 3. The smallest absolute Gasteiger partial charge is 0.306 e. The first-order valence-corrected chi connectivity index (χ1v) is 7.00. The van der Waals surface area contributed by atoms with Gasteiger partial charge >= 0.3 is 11.9 Å². The molecule has 0 saturated carbocycles. The molecule has 0 radical (unpaired) electrons. The first-order chi connectivity index (χ1) is 8.91. The van der Waals surface area contributed by atoms with Crippen molar-refractivity contribution in [2.45, 2.75) is 75.8 Å². The molecule has 0 amide bonds. The van der Waals surface area contributed by atoms with Crippen molar-refractivity contribution in [3.05, 3.63) is 0 Å². The Morgan fingerprint density at radius 1 is 0.895 bits per heavy atom. The number of cyclic esters (lactones) is 2. The number of rotatable bonds is 2. The van der Waals surface area contributed by atoms with E-state index in [1.807, 2.05) is 13.8 Å². The minimum absolute atomic E-state index is 0.0833. The van der Waals surface area contributed by atoms with E-state index < -0.39 is 11.2 Å². The summed E-state index contributed by atoms with van der Waals surface area (Å²) in [6.07, 6.45) is 3.88. The Hall–Kier alpha value is -1.10. The molecule has 0 aromatic rings. The van der Waals surface area contributed by atoms with Gasteiger partial charge in [-0.25, -0.2) is 0 Å². The summed E-state index contributed by atoms with van der Waals surface area (Å²) >= 11 is 0. The van der Waals surface area contributed by atoms with Gasteiger partial charge in [-0.1, -0.05) is 0 Å². The van der Waals surface area contributed by atoms with Gasteiger partial charge in [-0.2, -0.15) is 0 Å². The van der Waals surface area contributed by atoms with E-state index in [-0.39, 0.29) is 24.1 Å². The molecule has 3 heterocycles. The molecule has 0 bridgehead atoms. The van der Waals surface area contributed by atoms with Crippen molar-refractivity contribution in [3.63, 3.8) is 0 Å². The molecule has 0 aromatic carbocycles. The van der Waals surface area contributed by atoms with Crippen LogP contribution in [0.1, 0.15) is 52.4 Å². The molecule has 19 heavy (non-hydrogen) atoms. The van der Waals surface area contributed by atoms with Crippen LogP contribution >= 0.6 is 0 Å². The maximum Gasteiger partial charge on any atom is 0.306 e. The summed E-state index contributed by atoms with van der Waals surface area (Å²) in [4.78, 5) is 22.6. The van der Waals surface area contributed by atoms with Crippen LogP contribution in [0.15, 0.2) is 0 Å². The largest absolute Gasteiger partial charge is 0.457 e. The van der Waals surface area contributed by atoms with Gasteiger partial charge in [0.1, 0.15) is 11.2 Å². The first kappa shape index (κ1) is 12.9. The Kier molecular flexibility index (Phi) is 2.85. The van der Waals surface area contributed by atoms with Crippen LogP contribution in [0.25, 0.3) is 0 Å². The number of carbonyl (C=O) groups excluding carboxylic acids is 2. The standard InChI is InChI=1S/C14H20O5/c1-13(7-5-11(15)18-13)9-3-4-10(17-9)14(2)8-6-12(16)19-14/h9-10H,3-8H2,1-2H3/t9-,10-,13-,14-/m0/s1.